The maximum absolute atomic E-state index is 12.8. The molecule has 1 saturated heterocycles. The monoisotopic (exact) mass is 512 g/mol. The average molecular weight is 513 g/mol. The summed E-state index contributed by atoms with van der Waals surface area (Å²) in [4.78, 5) is 28.0. The maximum Gasteiger partial charge on any atom is 0.234 e. The van der Waals surface area contributed by atoms with Crippen molar-refractivity contribution in [1.82, 2.24) is 14.7 Å². The van der Waals surface area contributed by atoms with Crippen LogP contribution in [0.25, 0.3) is 21.5 Å². The summed E-state index contributed by atoms with van der Waals surface area (Å²) in [5.41, 5.74) is 9.53. The van der Waals surface area contributed by atoms with Gasteiger partial charge in [-0.25, -0.2) is 0 Å². The van der Waals surface area contributed by atoms with Crippen LogP contribution in [0.15, 0.2) is 18.2 Å². The van der Waals surface area contributed by atoms with Crippen molar-refractivity contribution in [2.24, 2.45) is 30.0 Å². The molecule has 2 saturated carbocycles. The number of rotatable bonds is 5. The lowest BCUT2D eigenvalue weighted by molar-refractivity contribution is -0.143. The van der Waals surface area contributed by atoms with E-state index < -0.39 is 0 Å². The molecule has 1 aliphatic heterocycles. The number of aryl methyl sites for hydroxylation is 2. The van der Waals surface area contributed by atoms with E-state index in [2.05, 4.69) is 0 Å². The Bertz CT molecular complexity index is 1370. The van der Waals surface area contributed by atoms with Gasteiger partial charge in [-0.15, -0.1) is 11.3 Å². The number of piperidine rings is 1. The molecule has 35 heavy (non-hydrogen) atoms. The minimum absolute atomic E-state index is 0.0484. The van der Waals surface area contributed by atoms with Crippen LogP contribution in [0.3, 0.4) is 0 Å². The van der Waals surface area contributed by atoms with Crippen LogP contribution < -0.4 is 10.5 Å². The first kappa shape index (κ1) is 23.0. The maximum atomic E-state index is 12.8. The number of imide groups is 1. The molecule has 1 aromatic carbocycles. The van der Waals surface area contributed by atoms with Gasteiger partial charge in [0.2, 0.25) is 11.8 Å². The van der Waals surface area contributed by atoms with Crippen LogP contribution in [0.2, 0.25) is 5.02 Å². The van der Waals surface area contributed by atoms with Crippen LogP contribution in [-0.4, -0.2) is 38.6 Å². The number of likely N-dealkylation sites (tertiary alicyclic amines) is 1. The van der Waals surface area contributed by atoms with Gasteiger partial charge in [-0.3, -0.25) is 19.2 Å². The minimum Gasteiger partial charge on any atom is -0.489 e. The number of thiophene rings is 1. The molecule has 0 spiro atoms. The van der Waals surface area contributed by atoms with E-state index >= 15 is 0 Å². The number of halogens is 1. The Morgan fingerprint density at radius 3 is 2.57 bits per heavy atom. The first-order valence-electron chi connectivity index (χ1n) is 12.1. The highest BCUT2D eigenvalue weighted by molar-refractivity contribution is 7.19. The van der Waals surface area contributed by atoms with Crippen molar-refractivity contribution in [1.29, 1.82) is 0 Å². The molecular weight excluding hydrogens is 484 g/mol. The Kier molecular flexibility index (Phi) is 5.12. The second-order valence-corrected chi connectivity index (χ2v) is 12.4. The van der Waals surface area contributed by atoms with E-state index in [9.17, 15) is 9.59 Å². The van der Waals surface area contributed by atoms with Gasteiger partial charge in [-0.05, 0) is 55.4 Å². The SMILES string of the molecule is Cc1cc(Cl)cc(-c2c3sc(CN4C(=O)C5C(C4=O)C5(C)C)cc3nn2C)c1OC1CCC(N)C1. The highest BCUT2D eigenvalue weighted by Crippen LogP contribution is 2.63. The van der Waals surface area contributed by atoms with Gasteiger partial charge in [0.25, 0.3) is 0 Å². The second-order valence-electron chi connectivity index (χ2n) is 10.9. The van der Waals surface area contributed by atoms with Crippen molar-refractivity contribution in [3.05, 3.63) is 33.7 Å². The van der Waals surface area contributed by atoms with Crippen LogP contribution in [0.1, 0.15) is 43.6 Å². The third-order valence-corrected chi connectivity index (χ3v) is 9.30. The van der Waals surface area contributed by atoms with Crippen LogP contribution in [0, 0.1) is 24.2 Å². The summed E-state index contributed by atoms with van der Waals surface area (Å²) in [7, 11) is 1.91. The number of nitrogens with two attached hydrogens (primary N) is 1. The van der Waals surface area contributed by atoms with Crippen LogP contribution in [-0.2, 0) is 23.2 Å². The summed E-state index contributed by atoms with van der Waals surface area (Å²) in [5.74, 6) is 0.372. The van der Waals surface area contributed by atoms with Crippen LogP contribution >= 0.6 is 22.9 Å². The van der Waals surface area contributed by atoms with Crippen molar-refractivity contribution >= 4 is 45.0 Å². The number of benzene rings is 1. The standard InChI is InChI=1S/C26H29ClN4O3S/c1-12-7-13(27)8-17(22(12)34-15-6-5-14(28)9-15)21-23-18(29-30(21)4)10-16(35-23)11-31-24(32)19-20(25(31)33)26(19,2)3/h7-8,10,14-15,19-20H,5-6,9,11,28H2,1-4H3. The van der Waals surface area contributed by atoms with Crippen molar-refractivity contribution < 1.29 is 14.3 Å². The molecule has 7 nitrogen and oxygen atoms in total. The normalized spacial score (nSPS) is 27.2. The molecule has 4 atom stereocenters. The molecule has 2 aliphatic carbocycles. The molecule has 184 valence electrons. The second kappa shape index (κ2) is 7.79. The molecule has 3 heterocycles. The van der Waals surface area contributed by atoms with Gasteiger partial charge < -0.3 is 10.5 Å². The fraction of sp³-hybridized carbons (Fsp3) is 0.500. The Hall–Kier alpha value is -2.42. The van der Waals surface area contributed by atoms with E-state index in [1.807, 2.05) is 50.7 Å². The number of amides is 2. The number of ether oxygens (including phenoxy) is 1. The fourth-order valence-corrected chi connectivity index (χ4v) is 7.48. The smallest absolute Gasteiger partial charge is 0.234 e. The van der Waals surface area contributed by atoms with Gasteiger partial charge in [0, 0.05) is 28.6 Å². The Morgan fingerprint density at radius 1 is 1.20 bits per heavy atom. The highest BCUT2D eigenvalue weighted by atomic mass is 35.5. The van der Waals surface area contributed by atoms with E-state index in [4.69, 9.17) is 27.2 Å². The number of carbonyl (C=O) groups excluding carboxylic acids is 2. The summed E-state index contributed by atoms with van der Waals surface area (Å²) in [6.07, 6.45) is 2.81. The van der Waals surface area contributed by atoms with E-state index in [1.54, 1.807) is 11.3 Å². The van der Waals surface area contributed by atoms with E-state index in [0.717, 1.165) is 56.9 Å². The van der Waals surface area contributed by atoms with Crippen LogP contribution in [0.4, 0.5) is 0 Å². The first-order chi connectivity index (χ1) is 16.6. The lowest BCUT2D eigenvalue weighted by Gasteiger charge is -2.20. The topological polar surface area (TPSA) is 90.5 Å². The zero-order valence-electron chi connectivity index (χ0n) is 20.3. The number of aromatic nitrogens is 2. The number of carbonyl (C=O) groups is 2. The van der Waals surface area contributed by atoms with Gasteiger partial charge in [0.15, 0.2) is 0 Å². The summed E-state index contributed by atoms with van der Waals surface area (Å²) in [6, 6.07) is 6.00. The molecule has 2 amide bonds. The fourth-order valence-electron chi connectivity index (χ4n) is 6.03. The lowest BCUT2D eigenvalue weighted by Crippen LogP contribution is -2.35. The molecule has 3 aliphatic rings. The largest absolute Gasteiger partial charge is 0.489 e. The van der Waals surface area contributed by atoms with Crippen LogP contribution in [0.5, 0.6) is 5.75 Å². The summed E-state index contributed by atoms with van der Waals surface area (Å²) in [6.45, 7) is 6.29. The zero-order chi connectivity index (χ0) is 24.8. The van der Waals surface area contributed by atoms with Crippen molar-refractivity contribution in [2.45, 2.75) is 58.7 Å². The molecule has 6 rings (SSSR count). The molecule has 3 aromatic rings. The van der Waals surface area contributed by atoms with Gasteiger partial charge in [0.1, 0.15) is 17.4 Å². The predicted octanol–water partition coefficient (Wildman–Crippen LogP) is 4.66. The van der Waals surface area contributed by atoms with E-state index in [-0.39, 0.29) is 41.2 Å². The molecule has 4 unspecified atom stereocenters. The number of hydrogen-bond acceptors (Lipinski definition) is 6. The van der Waals surface area contributed by atoms with Crippen molar-refractivity contribution in [3.63, 3.8) is 0 Å². The van der Waals surface area contributed by atoms with E-state index in [1.165, 1.54) is 4.90 Å². The predicted molar refractivity (Wildman–Crippen MR) is 136 cm³/mol. The Balaban J connectivity index is 1.35. The number of nitrogens with zero attached hydrogens (tertiary/aromatic N) is 3. The van der Waals surface area contributed by atoms with Crippen molar-refractivity contribution in [2.75, 3.05) is 0 Å². The van der Waals surface area contributed by atoms with Crippen molar-refractivity contribution in [3.8, 4) is 17.0 Å². The third kappa shape index (κ3) is 3.52. The number of fused-ring (bicyclic) bond motifs is 2. The Morgan fingerprint density at radius 2 is 1.91 bits per heavy atom. The first-order valence-corrected chi connectivity index (χ1v) is 13.3. The average Bonchev–Trinajstić information content (AvgIpc) is 3.21. The quantitative estimate of drug-likeness (QED) is 0.502. The summed E-state index contributed by atoms with van der Waals surface area (Å²) < 4.78 is 9.34. The molecule has 0 bridgehead atoms. The zero-order valence-corrected chi connectivity index (χ0v) is 21.9. The lowest BCUT2D eigenvalue weighted by atomic mass is 10.1. The van der Waals surface area contributed by atoms with Gasteiger partial charge >= 0.3 is 0 Å². The molecular formula is C26H29ClN4O3S. The molecule has 3 fully saturated rings. The molecule has 9 heteroatoms. The Labute approximate surface area is 213 Å². The number of hydrogen-bond donors (Lipinski definition) is 1. The minimum atomic E-state index is -0.203. The van der Waals surface area contributed by atoms with Gasteiger partial charge in [0.05, 0.1) is 28.8 Å². The van der Waals surface area contributed by atoms with Gasteiger partial charge in [-0.1, -0.05) is 25.4 Å². The third-order valence-electron chi connectivity index (χ3n) is 7.97. The molecule has 2 N–H and O–H groups in total. The van der Waals surface area contributed by atoms with Gasteiger partial charge in [-0.2, -0.15) is 5.10 Å². The summed E-state index contributed by atoms with van der Waals surface area (Å²) in [5, 5.41) is 5.37. The molecule has 2 aromatic heterocycles. The van der Waals surface area contributed by atoms with E-state index in [0.29, 0.717) is 11.6 Å². The highest BCUT2D eigenvalue weighted by Gasteiger charge is 2.72. The summed E-state index contributed by atoms with van der Waals surface area (Å²) >= 11 is 8.05. The molecule has 0 radical (unpaired) electrons.